The van der Waals surface area contributed by atoms with Crippen molar-refractivity contribution in [1.82, 2.24) is 10.6 Å². The Labute approximate surface area is 136 Å². The highest BCUT2D eigenvalue weighted by atomic mass is 16.6. The smallest absolute Gasteiger partial charge is 0.292 e. The number of para-hydroxylation sites is 2. The van der Waals surface area contributed by atoms with Crippen LogP contribution >= 0.6 is 0 Å². The zero-order chi connectivity index (χ0) is 16.9. The molecule has 1 heterocycles. The van der Waals surface area contributed by atoms with E-state index in [0.717, 1.165) is 25.9 Å². The Hall–Kier alpha value is -2.15. The van der Waals surface area contributed by atoms with Gasteiger partial charge in [-0.05, 0) is 37.4 Å². The Morgan fingerprint density at radius 2 is 2.04 bits per heavy atom. The molecule has 126 valence electrons. The molecule has 2 N–H and O–H groups in total. The van der Waals surface area contributed by atoms with E-state index in [0.29, 0.717) is 12.2 Å². The Bertz CT molecular complexity index is 570. The van der Waals surface area contributed by atoms with E-state index in [-0.39, 0.29) is 23.6 Å². The van der Waals surface area contributed by atoms with Crippen LogP contribution in [0.2, 0.25) is 0 Å². The Morgan fingerprint density at radius 3 is 2.70 bits per heavy atom. The second kappa shape index (κ2) is 7.41. The van der Waals surface area contributed by atoms with Crippen LogP contribution in [0.4, 0.5) is 11.4 Å². The maximum atomic E-state index is 12.2. The number of carbonyl (C=O) groups is 1. The number of nitro groups is 1. The van der Waals surface area contributed by atoms with Gasteiger partial charge in [0.1, 0.15) is 5.69 Å². The molecule has 0 radical (unpaired) electrons. The van der Waals surface area contributed by atoms with E-state index in [4.69, 9.17) is 0 Å². The fraction of sp³-hybridized carbons (Fsp3) is 0.562. The van der Waals surface area contributed by atoms with E-state index in [2.05, 4.69) is 17.6 Å². The summed E-state index contributed by atoms with van der Waals surface area (Å²) in [4.78, 5) is 24.4. The molecule has 1 aliphatic rings. The number of hydrogen-bond acceptors (Lipinski definition) is 5. The van der Waals surface area contributed by atoms with Crippen molar-refractivity contribution < 1.29 is 9.72 Å². The molecule has 2 rings (SSSR count). The van der Waals surface area contributed by atoms with E-state index in [9.17, 15) is 14.9 Å². The summed E-state index contributed by atoms with van der Waals surface area (Å²) in [5.74, 6) is -0.120. The van der Waals surface area contributed by atoms with Crippen LogP contribution < -0.4 is 15.5 Å². The van der Waals surface area contributed by atoms with Crippen molar-refractivity contribution in [2.45, 2.75) is 19.8 Å². The van der Waals surface area contributed by atoms with Gasteiger partial charge in [-0.15, -0.1) is 0 Å². The van der Waals surface area contributed by atoms with Gasteiger partial charge < -0.3 is 15.5 Å². The SMILES string of the molecule is CN(CC(=O)NCC1(C)CCNCC1)c1ccccc1[N+](=O)[O-]. The highest BCUT2D eigenvalue weighted by Gasteiger charge is 2.27. The van der Waals surface area contributed by atoms with Gasteiger partial charge >= 0.3 is 0 Å². The van der Waals surface area contributed by atoms with E-state index < -0.39 is 4.92 Å². The quantitative estimate of drug-likeness (QED) is 0.613. The number of amides is 1. The van der Waals surface area contributed by atoms with Gasteiger partial charge in [-0.3, -0.25) is 14.9 Å². The van der Waals surface area contributed by atoms with Crippen LogP contribution in [0.3, 0.4) is 0 Å². The molecule has 0 aliphatic carbocycles. The Balaban J connectivity index is 1.91. The molecule has 7 nitrogen and oxygen atoms in total. The van der Waals surface area contributed by atoms with Gasteiger partial charge in [-0.1, -0.05) is 19.1 Å². The lowest BCUT2D eigenvalue weighted by Gasteiger charge is -2.34. The summed E-state index contributed by atoms with van der Waals surface area (Å²) < 4.78 is 0. The predicted molar refractivity (Wildman–Crippen MR) is 89.6 cm³/mol. The molecule has 0 aromatic heterocycles. The van der Waals surface area contributed by atoms with Gasteiger partial charge in [-0.2, -0.15) is 0 Å². The molecule has 0 atom stereocenters. The molecular formula is C16H24N4O3. The largest absolute Gasteiger partial charge is 0.360 e. The first-order chi connectivity index (χ1) is 10.9. The topological polar surface area (TPSA) is 87.5 Å². The number of benzene rings is 1. The van der Waals surface area contributed by atoms with Crippen LogP contribution in [-0.4, -0.2) is 44.1 Å². The van der Waals surface area contributed by atoms with Gasteiger partial charge in [0.25, 0.3) is 5.69 Å². The van der Waals surface area contributed by atoms with Gasteiger partial charge in [0, 0.05) is 19.7 Å². The molecule has 0 bridgehead atoms. The number of carbonyl (C=O) groups excluding carboxylic acids is 1. The average molecular weight is 320 g/mol. The molecule has 0 unspecified atom stereocenters. The van der Waals surface area contributed by atoms with Crippen molar-refractivity contribution in [2.75, 3.05) is 38.1 Å². The molecule has 1 amide bonds. The predicted octanol–water partition coefficient (Wildman–Crippen LogP) is 1.54. The fourth-order valence-corrected chi connectivity index (χ4v) is 2.82. The fourth-order valence-electron chi connectivity index (χ4n) is 2.82. The highest BCUT2D eigenvalue weighted by Crippen LogP contribution is 2.27. The van der Waals surface area contributed by atoms with E-state index in [1.54, 1.807) is 30.1 Å². The van der Waals surface area contributed by atoms with Crippen LogP contribution in [0, 0.1) is 15.5 Å². The minimum absolute atomic E-state index is 0.00752. The monoisotopic (exact) mass is 320 g/mol. The molecule has 7 heteroatoms. The van der Waals surface area contributed by atoms with E-state index in [1.807, 2.05) is 0 Å². The lowest BCUT2D eigenvalue weighted by Crippen LogP contribution is -2.45. The molecule has 0 spiro atoms. The van der Waals surface area contributed by atoms with Crippen molar-refractivity contribution in [2.24, 2.45) is 5.41 Å². The van der Waals surface area contributed by atoms with Crippen molar-refractivity contribution >= 4 is 17.3 Å². The van der Waals surface area contributed by atoms with Gasteiger partial charge in [0.15, 0.2) is 0 Å². The summed E-state index contributed by atoms with van der Waals surface area (Å²) in [5, 5.41) is 17.3. The lowest BCUT2D eigenvalue weighted by atomic mass is 9.81. The molecule has 1 aliphatic heterocycles. The van der Waals surface area contributed by atoms with Crippen molar-refractivity contribution in [3.63, 3.8) is 0 Å². The number of likely N-dealkylation sites (N-methyl/N-ethyl adjacent to an activating group) is 1. The maximum absolute atomic E-state index is 12.2. The van der Waals surface area contributed by atoms with E-state index in [1.165, 1.54) is 6.07 Å². The minimum Gasteiger partial charge on any atom is -0.360 e. The summed E-state index contributed by atoms with van der Waals surface area (Å²) in [6.07, 6.45) is 2.07. The third-order valence-electron chi connectivity index (χ3n) is 4.39. The van der Waals surface area contributed by atoms with Gasteiger partial charge in [-0.25, -0.2) is 0 Å². The normalized spacial score (nSPS) is 16.6. The number of rotatable bonds is 6. The number of nitrogens with zero attached hydrogens (tertiary/aromatic N) is 2. The van der Waals surface area contributed by atoms with E-state index >= 15 is 0 Å². The lowest BCUT2D eigenvalue weighted by molar-refractivity contribution is -0.384. The molecule has 23 heavy (non-hydrogen) atoms. The number of nitrogens with one attached hydrogen (secondary N) is 2. The van der Waals surface area contributed by atoms with Crippen molar-refractivity contribution in [3.8, 4) is 0 Å². The summed E-state index contributed by atoms with van der Waals surface area (Å²) in [5.41, 5.74) is 0.576. The van der Waals surface area contributed by atoms with Crippen LogP contribution in [0.5, 0.6) is 0 Å². The number of hydrogen-bond donors (Lipinski definition) is 2. The second-order valence-corrected chi connectivity index (χ2v) is 6.44. The minimum atomic E-state index is -0.431. The van der Waals surface area contributed by atoms with Crippen LogP contribution in [0.25, 0.3) is 0 Å². The summed E-state index contributed by atoms with van der Waals surface area (Å²) in [6.45, 7) is 4.86. The summed E-state index contributed by atoms with van der Waals surface area (Å²) >= 11 is 0. The molecule has 1 saturated heterocycles. The third kappa shape index (κ3) is 4.66. The van der Waals surface area contributed by atoms with Crippen molar-refractivity contribution in [3.05, 3.63) is 34.4 Å². The molecule has 0 saturated carbocycles. The average Bonchev–Trinajstić information content (AvgIpc) is 2.53. The summed E-state index contributed by atoms with van der Waals surface area (Å²) in [6, 6.07) is 6.44. The Kier molecular flexibility index (Phi) is 5.54. The van der Waals surface area contributed by atoms with Crippen molar-refractivity contribution in [1.29, 1.82) is 0 Å². The number of nitro benzene ring substituents is 1. The first-order valence-electron chi connectivity index (χ1n) is 7.83. The maximum Gasteiger partial charge on any atom is 0.292 e. The van der Waals surface area contributed by atoms with Gasteiger partial charge in [0.2, 0.25) is 5.91 Å². The zero-order valence-electron chi connectivity index (χ0n) is 13.7. The standard InChI is InChI=1S/C16H24N4O3/c1-16(7-9-17-10-8-16)12-18-15(21)11-19(2)13-5-3-4-6-14(13)20(22)23/h3-6,17H,7-12H2,1-2H3,(H,18,21). The van der Waals surface area contributed by atoms with Crippen LogP contribution in [-0.2, 0) is 4.79 Å². The number of anilines is 1. The molecule has 1 aromatic rings. The second-order valence-electron chi connectivity index (χ2n) is 6.44. The van der Waals surface area contributed by atoms with Gasteiger partial charge in [0.05, 0.1) is 11.5 Å². The Morgan fingerprint density at radius 1 is 1.39 bits per heavy atom. The highest BCUT2D eigenvalue weighted by molar-refractivity contribution is 5.82. The molecule has 1 fully saturated rings. The summed E-state index contributed by atoms with van der Waals surface area (Å²) in [7, 11) is 1.69. The first kappa shape index (κ1) is 17.2. The molecule has 1 aromatic carbocycles. The van der Waals surface area contributed by atoms with Crippen LogP contribution in [0.1, 0.15) is 19.8 Å². The van der Waals surface area contributed by atoms with Crippen LogP contribution in [0.15, 0.2) is 24.3 Å². The zero-order valence-corrected chi connectivity index (χ0v) is 13.7. The molecular weight excluding hydrogens is 296 g/mol. The first-order valence-corrected chi connectivity index (χ1v) is 7.83. The number of piperidine rings is 1. The third-order valence-corrected chi connectivity index (χ3v) is 4.39.